The summed E-state index contributed by atoms with van der Waals surface area (Å²) in [5.74, 6) is -6.98. The molecule has 390 valence electrons. The van der Waals surface area contributed by atoms with Crippen molar-refractivity contribution < 1.29 is 84.7 Å². The van der Waals surface area contributed by atoms with Gasteiger partial charge in [-0.15, -0.1) is 0 Å². The van der Waals surface area contributed by atoms with E-state index in [1.807, 2.05) is 19.9 Å². The Bertz CT molecular complexity index is 3770. The van der Waals surface area contributed by atoms with Crippen molar-refractivity contribution in [2.45, 2.75) is 55.4 Å². The second-order valence-corrected chi connectivity index (χ2v) is 17.4. The van der Waals surface area contributed by atoms with E-state index in [0.717, 1.165) is 35.9 Å². The molecule has 20 nitrogen and oxygen atoms in total. The van der Waals surface area contributed by atoms with E-state index < -0.39 is 62.3 Å². The van der Waals surface area contributed by atoms with Crippen molar-refractivity contribution in [2.75, 3.05) is 0 Å². The molecule has 75 heavy (non-hydrogen) atoms. The lowest BCUT2D eigenvalue weighted by Gasteiger charge is -2.12. The molecule has 3 heterocycles. The molecule has 0 unspecified atom stereocenters. The van der Waals surface area contributed by atoms with E-state index in [1.165, 1.54) is 44.2 Å². The summed E-state index contributed by atoms with van der Waals surface area (Å²) >= 11 is 0. The van der Waals surface area contributed by atoms with Crippen molar-refractivity contribution >= 4 is 32.9 Å². The molecule has 0 aliphatic heterocycles. The van der Waals surface area contributed by atoms with Gasteiger partial charge in [0.05, 0.1) is 0 Å². The molecule has 9 aromatic rings. The van der Waals surface area contributed by atoms with Crippen molar-refractivity contribution in [1.82, 2.24) is 0 Å². The van der Waals surface area contributed by atoms with E-state index in [-0.39, 0.29) is 121 Å². The highest BCUT2D eigenvalue weighted by Gasteiger charge is 2.25. The molecule has 0 spiro atoms. The monoisotopic (exact) mass is 1030 g/mol. The highest BCUT2D eigenvalue weighted by molar-refractivity contribution is 5.92. The van der Waals surface area contributed by atoms with E-state index in [1.54, 1.807) is 19.9 Å². The molecule has 9 rings (SSSR count). The summed E-state index contributed by atoms with van der Waals surface area (Å²) in [6.07, 6.45) is 2.05. The summed E-state index contributed by atoms with van der Waals surface area (Å²) in [6, 6.07) is 13.8. The summed E-state index contributed by atoms with van der Waals surface area (Å²) in [5, 5.41) is 138. The Morgan fingerprint density at radius 1 is 0.413 bits per heavy atom. The Hall–Kier alpha value is -10.1. The van der Waals surface area contributed by atoms with Gasteiger partial charge in [0, 0.05) is 40.5 Å². The maximum atomic E-state index is 12.7. The standard InChI is InChI=1S/C21H20O7.C17H14O6.C16H12O7.CH4/c1-9(2)4-5-12-13(22)8-14(23)16-18(26)19(27)20(28-21(12)16)11-6-10(3)17(25)15(24)7-11;1-7-3-10(18)13-12(4-7)23-17(16(22)15(13)21)9-5-8(2)14(20)11(19)6-9;1-6-2-7(3-10(19)13(6)20)16-15(22)14(21)12-9(18)4-8(17)5-11(12)23-16;/h4,6-8,22-25,27H,5H2,1-3H3;3-6,18-20,22H,1-2H3;2-5,17-20,22H,1H3;1H4. The lowest BCUT2D eigenvalue weighted by atomic mass is 10.0. The summed E-state index contributed by atoms with van der Waals surface area (Å²) in [6.45, 7) is 10.1. The summed E-state index contributed by atoms with van der Waals surface area (Å²) < 4.78 is 16.7. The van der Waals surface area contributed by atoms with Crippen molar-refractivity contribution in [3.05, 3.63) is 137 Å². The molecule has 0 fully saturated rings. The summed E-state index contributed by atoms with van der Waals surface area (Å²) in [7, 11) is 0. The van der Waals surface area contributed by atoms with Crippen LogP contribution in [0.4, 0.5) is 0 Å². The van der Waals surface area contributed by atoms with Crippen LogP contribution in [-0.4, -0.2) is 71.5 Å². The number of aryl methyl sites for hydroxylation is 4. The predicted molar refractivity (Wildman–Crippen MR) is 276 cm³/mol. The number of aromatic hydroxyl groups is 14. The van der Waals surface area contributed by atoms with Crippen molar-refractivity contribution in [3.8, 4) is 114 Å². The molecule has 0 saturated heterocycles. The second-order valence-electron chi connectivity index (χ2n) is 17.4. The lowest BCUT2D eigenvalue weighted by Crippen LogP contribution is -2.05. The highest BCUT2D eigenvalue weighted by atomic mass is 16.4. The van der Waals surface area contributed by atoms with E-state index >= 15 is 0 Å². The first-order valence-corrected chi connectivity index (χ1v) is 21.9. The maximum absolute atomic E-state index is 12.7. The van der Waals surface area contributed by atoms with E-state index in [9.17, 15) is 85.9 Å². The quantitative estimate of drug-likeness (QED) is 0.0563. The number of allylic oxidation sites excluding steroid dienone is 2. The maximum Gasteiger partial charge on any atom is 0.238 e. The Balaban J connectivity index is 0.000000183. The minimum atomic E-state index is -0.885. The number of hydrogen-bond acceptors (Lipinski definition) is 20. The first-order valence-electron chi connectivity index (χ1n) is 21.9. The largest absolute Gasteiger partial charge is 0.508 e. The Morgan fingerprint density at radius 3 is 1.20 bits per heavy atom. The molecule has 0 aliphatic rings. The fourth-order valence-corrected chi connectivity index (χ4v) is 7.84. The zero-order chi connectivity index (χ0) is 54.5. The zero-order valence-corrected chi connectivity index (χ0v) is 39.8. The molecule has 20 heteroatoms. The number of phenolic OH excluding ortho intramolecular Hbond substituents is 11. The van der Waals surface area contributed by atoms with Crippen LogP contribution in [0.15, 0.2) is 106 Å². The molecule has 6 aromatic carbocycles. The first-order chi connectivity index (χ1) is 34.7. The van der Waals surface area contributed by atoms with Gasteiger partial charge in [0.25, 0.3) is 0 Å². The van der Waals surface area contributed by atoms with Gasteiger partial charge in [-0.05, 0) is 119 Å². The summed E-state index contributed by atoms with van der Waals surface area (Å²) in [4.78, 5) is 37.2. The molecular weight excluding hydrogens is 981 g/mol. The first kappa shape index (κ1) is 54.2. The van der Waals surface area contributed by atoms with Crippen LogP contribution in [0.25, 0.3) is 66.9 Å². The number of benzene rings is 6. The molecule has 0 bridgehead atoms. The fraction of sp³-hybridized carbons (Fsp3) is 0.145. The Morgan fingerprint density at radius 2 is 0.787 bits per heavy atom. The Kier molecular flexibility index (Phi) is 14.9. The number of phenols is 11. The highest BCUT2D eigenvalue weighted by Crippen LogP contribution is 2.43. The molecule has 0 aliphatic carbocycles. The Labute approximate surface area is 423 Å². The van der Waals surface area contributed by atoms with Crippen molar-refractivity contribution in [3.63, 3.8) is 0 Å². The summed E-state index contributed by atoms with van der Waals surface area (Å²) in [5.41, 5.74) is 0.801. The van der Waals surface area contributed by atoms with Crippen molar-refractivity contribution in [1.29, 1.82) is 0 Å². The SMILES string of the molecule is C.CC(C)=CCc1c(O)cc(O)c2c(=O)c(O)c(-c3cc(C)c(O)c(O)c3)oc12.Cc1cc(-c2oc3cc(O)cc(O)c3c(=O)c2O)cc(O)c1O.Cc1cc(O)c2c(=O)c(O)c(-c3cc(C)c(O)c(O)c3)oc2c1. The number of fused-ring (bicyclic) bond motifs is 3. The molecule has 0 radical (unpaired) electrons. The van der Waals surface area contributed by atoms with Crippen LogP contribution < -0.4 is 16.3 Å². The van der Waals surface area contributed by atoms with Gasteiger partial charge >= 0.3 is 0 Å². The minimum absolute atomic E-state index is 0. The fourth-order valence-electron chi connectivity index (χ4n) is 7.84. The van der Waals surface area contributed by atoms with Crippen LogP contribution >= 0.6 is 0 Å². The van der Waals surface area contributed by atoms with Gasteiger partial charge in [0.1, 0.15) is 61.7 Å². The van der Waals surface area contributed by atoms with Crippen LogP contribution in [0.3, 0.4) is 0 Å². The third-order valence-electron chi connectivity index (χ3n) is 11.6. The molecule has 14 N–H and O–H groups in total. The lowest BCUT2D eigenvalue weighted by molar-refractivity contribution is 0.401. The van der Waals surface area contributed by atoms with Gasteiger partial charge in [0.15, 0.2) is 51.8 Å². The normalized spacial score (nSPS) is 10.9. The minimum Gasteiger partial charge on any atom is -0.508 e. The van der Waals surface area contributed by atoms with E-state index in [4.69, 9.17) is 13.3 Å². The predicted octanol–water partition coefficient (Wildman–Crippen LogP) is 9.64. The molecule has 3 aromatic heterocycles. The second kappa shape index (κ2) is 20.5. The van der Waals surface area contributed by atoms with Crippen LogP contribution in [0.1, 0.15) is 49.1 Å². The van der Waals surface area contributed by atoms with Crippen LogP contribution in [-0.2, 0) is 6.42 Å². The number of hydrogen-bond donors (Lipinski definition) is 14. The smallest absolute Gasteiger partial charge is 0.238 e. The third kappa shape index (κ3) is 10.2. The van der Waals surface area contributed by atoms with Gasteiger partial charge in [-0.25, -0.2) is 0 Å². The topological polar surface area (TPSA) is 374 Å². The molecular formula is C55H50O20. The zero-order valence-electron chi connectivity index (χ0n) is 39.8. The molecule has 0 saturated carbocycles. The van der Waals surface area contributed by atoms with Crippen LogP contribution in [0, 0.1) is 27.7 Å². The van der Waals surface area contributed by atoms with E-state index in [0.29, 0.717) is 22.3 Å². The van der Waals surface area contributed by atoms with Gasteiger partial charge in [0.2, 0.25) is 33.5 Å². The average molecular weight is 1030 g/mol. The van der Waals surface area contributed by atoms with Gasteiger partial charge in [-0.2, -0.15) is 0 Å². The van der Waals surface area contributed by atoms with Gasteiger partial charge < -0.3 is 84.7 Å². The van der Waals surface area contributed by atoms with Crippen LogP contribution in [0.2, 0.25) is 0 Å². The van der Waals surface area contributed by atoms with Gasteiger partial charge in [-0.1, -0.05) is 19.1 Å². The number of rotatable bonds is 5. The third-order valence-corrected chi connectivity index (χ3v) is 11.6. The van der Waals surface area contributed by atoms with Crippen molar-refractivity contribution in [2.24, 2.45) is 0 Å². The average Bonchev–Trinajstić information content (AvgIpc) is 3.31. The van der Waals surface area contributed by atoms with E-state index in [2.05, 4.69) is 0 Å². The van der Waals surface area contributed by atoms with Gasteiger partial charge in [-0.3, -0.25) is 14.4 Å². The molecule has 0 amide bonds. The van der Waals surface area contributed by atoms with Crippen LogP contribution in [0.5, 0.6) is 80.5 Å². The molecule has 0 atom stereocenters.